The molecule has 2 N–H and O–H groups in total. The lowest BCUT2D eigenvalue weighted by Gasteiger charge is -2.27. The third-order valence-corrected chi connectivity index (χ3v) is 4.06. The van der Waals surface area contributed by atoms with Gasteiger partial charge in [0.25, 0.3) is 10.1 Å². The number of ether oxygens (including phenoxy) is 1. The maximum atomic E-state index is 11.9. The molecule has 0 aliphatic rings. The normalized spacial score (nSPS) is 12.3. The van der Waals surface area contributed by atoms with Crippen LogP contribution in [-0.4, -0.2) is 59.2 Å². The molecule has 1 aromatic carbocycles. The smallest absolute Gasteiger partial charge is 0.341 e. The maximum absolute atomic E-state index is 11.9. The predicted molar refractivity (Wildman–Crippen MR) is 86.4 cm³/mol. The standard InChI is InChI=1S/C15H19NO8S/c1-10(17)16(11(2)18)12(9-25(21,22)23)7-8-24-15(20)13-5-3-4-6-14(13)19/h3-6,12,19H,7-9H2,1-2H3,(H,21,22,23). The summed E-state index contributed by atoms with van der Waals surface area (Å²) in [4.78, 5) is 35.7. The number of para-hydroxylation sites is 1. The number of phenols is 1. The van der Waals surface area contributed by atoms with Crippen LogP contribution in [0.3, 0.4) is 0 Å². The first kappa shape index (κ1) is 20.6. The van der Waals surface area contributed by atoms with E-state index >= 15 is 0 Å². The number of phenolic OH excluding ortho intramolecular Hbond substituents is 1. The largest absolute Gasteiger partial charge is 0.507 e. The molecule has 0 radical (unpaired) electrons. The number of benzene rings is 1. The highest BCUT2D eigenvalue weighted by molar-refractivity contribution is 7.85. The fourth-order valence-electron chi connectivity index (χ4n) is 2.28. The summed E-state index contributed by atoms with van der Waals surface area (Å²) in [6.07, 6.45) is -0.196. The Morgan fingerprint density at radius 1 is 1.16 bits per heavy atom. The van der Waals surface area contributed by atoms with E-state index in [0.29, 0.717) is 4.90 Å². The molecule has 1 aromatic rings. The molecule has 0 saturated carbocycles. The van der Waals surface area contributed by atoms with Crippen LogP contribution in [0, 0.1) is 0 Å². The summed E-state index contributed by atoms with van der Waals surface area (Å²) in [5, 5.41) is 9.57. The van der Waals surface area contributed by atoms with Crippen LogP contribution in [0.2, 0.25) is 0 Å². The zero-order valence-corrected chi connectivity index (χ0v) is 14.5. The first-order chi connectivity index (χ1) is 11.5. The molecular formula is C15H19NO8S. The summed E-state index contributed by atoms with van der Waals surface area (Å²) in [5.74, 6) is -3.40. The van der Waals surface area contributed by atoms with Crippen molar-refractivity contribution in [3.05, 3.63) is 29.8 Å². The lowest BCUT2D eigenvalue weighted by Crippen LogP contribution is -2.46. The van der Waals surface area contributed by atoms with E-state index in [2.05, 4.69) is 0 Å². The topological polar surface area (TPSA) is 138 Å². The quantitative estimate of drug-likeness (QED) is 0.523. The third-order valence-electron chi connectivity index (χ3n) is 3.25. The lowest BCUT2D eigenvalue weighted by atomic mass is 10.2. The van der Waals surface area contributed by atoms with Gasteiger partial charge in [-0.3, -0.25) is 19.0 Å². The van der Waals surface area contributed by atoms with Gasteiger partial charge in [-0.15, -0.1) is 0 Å². The van der Waals surface area contributed by atoms with E-state index in [1.165, 1.54) is 24.3 Å². The predicted octanol–water partition coefficient (Wildman–Crippen LogP) is 0.591. The van der Waals surface area contributed by atoms with Crippen LogP contribution >= 0.6 is 0 Å². The Hall–Kier alpha value is -2.46. The van der Waals surface area contributed by atoms with E-state index in [9.17, 15) is 27.9 Å². The number of amides is 2. The van der Waals surface area contributed by atoms with Crippen molar-refractivity contribution >= 4 is 27.9 Å². The summed E-state index contributed by atoms with van der Waals surface area (Å²) in [6, 6.07) is 4.48. The molecule has 1 rings (SSSR count). The van der Waals surface area contributed by atoms with Crippen molar-refractivity contribution in [3.63, 3.8) is 0 Å². The maximum Gasteiger partial charge on any atom is 0.341 e. The van der Waals surface area contributed by atoms with Crippen LogP contribution in [0.5, 0.6) is 5.75 Å². The molecular weight excluding hydrogens is 354 g/mol. The van der Waals surface area contributed by atoms with Crippen molar-refractivity contribution in [3.8, 4) is 5.75 Å². The summed E-state index contributed by atoms with van der Waals surface area (Å²) in [7, 11) is -4.47. The highest BCUT2D eigenvalue weighted by Crippen LogP contribution is 2.17. The Kier molecular flexibility index (Phi) is 7.07. The second-order valence-corrected chi connectivity index (χ2v) is 6.75. The molecule has 10 heteroatoms. The number of imide groups is 1. The minimum absolute atomic E-state index is 0.0798. The van der Waals surface area contributed by atoms with Crippen LogP contribution in [0.4, 0.5) is 0 Å². The minimum Gasteiger partial charge on any atom is -0.507 e. The number of aromatic hydroxyl groups is 1. The van der Waals surface area contributed by atoms with Crippen molar-refractivity contribution in [1.29, 1.82) is 0 Å². The molecule has 0 spiro atoms. The van der Waals surface area contributed by atoms with Gasteiger partial charge in [-0.25, -0.2) is 4.79 Å². The molecule has 0 bridgehead atoms. The van der Waals surface area contributed by atoms with E-state index in [0.717, 1.165) is 13.8 Å². The van der Waals surface area contributed by atoms with Gasteiger partial charge in [0, 0.05) is 20.3 Å². The first-order valence-corrected chi connectivity index (χ1v) is 8.84. The number of nitrogens with zero attached hydrogens (tertiary/aromatic N) is 1. The summed E-state index contributed by atoms with van der Waals surface area (Å²) >= 11 is 0. The molecule has 1 atom stereocenters. The second kappa shape index (κ2) is 8.58. The van der Waals surface area contributed by atoms with Gasteiger partial charge in [0.15, 0.2) is 0 Å². The molecule has 0 saturated heterocycles. The number of hydrogen-bond donors (Lipinski definition) is 2. The highest BCUT2D eigenvalue weighted by atomic mass is 32.2. The molecule has 1 unspecified atom stereocenters. The molecule has 0 aliphatic heterocycles. The van der Waals surface area contributed by atoms with Crippen LogP contribution in [0.1, 0.15) is 30.6 Å². The minimum atomic E-state index is -4.47. The number of esters is 1. The van der Waals surface area contributed by atoms with Gasteiger partial charge >= 0.3 is 5.97 Å². The van der Waals surface area contributed by atoms with Gasteiger partial charge in [-0.1, -0.05) is 12.1 Å². The van der Waals surface area contributed by atoms with Gasteiger partial charge in [0.1, 0.15) is 11.3 Å². The van der Waals surface area contributed by atoms with Gasteiger partial charge in [0.2, 0.25) is 11.8 Å². The molecule has 0 heterocycles. The monoisotopic (exact) mass is 373 g/mol. The fourth-order valence-corrected chi connectivity index (χ4v) is 3.08. The van der Waals surface area contributed by atoms with Crippen LogP contribution in [0.15, 0.2) is 24.3 Å². The fraction of sp³-hybridized carbons (Fsp3) is 0.400. The number of hydrogen-bond acceptors (Lipinski definition) is 7. The summed E-state index contributed by atoms with van der Waals surface area (Å²) < 4.78 is 36.2. The molecule has 0 fully saturated rings. The molecule has 9 nitrogen and oxygen atoms in total. The molecule has 2 amide bonds. The average molecular weight is 373 g/mol. The molecule has 0 aromatic heterocycles. The van der Waals surface area contributed by atoms with Gasteiger partial charge < -0.3 is 9.84 Å². The van der Waals surface area contributed by atoms with E-state index in [4.69, 9.17) is 9.29 Å². The van der Waals surface area contributed by atoms with E-state index in [-0.39, 0.29) is 24.3 Å². The zero-order valence-electron chi connectivity index (χ0n) is 13.7. The van der Waals surface area contributed by atoms with Gasteiger partial charge in [-0.05, 0) is 12.1 Å². The summed E-state index contributed by atoms with van der Waals surface area (Å²) in [5.41, 5.74) is -0.0798. The molecule has 138 valence electrons. The lowest BCUT2D eigenvalue weighted by molar-refractivity contribution is -0.144. The van der Waals surface area contributed by atoms with Crippen molar-refractivity contribution in [2.24, 2.45) is 0 Å². The Morgan fingerprint density at radius 2 is 1.72 bits per heavy atom. The number of carbonyl (C=O) groups is 3. The Morgan fingerprint density at radius 3 is 2.20 bits per heavy atom. The SMILES string of the molecule is CC(=O)N(C(C)=O)C(CCOC(=O)c1ccccc1O)CS(=O)(=O)O. The van der Waals surface area contributed by atoms with E-state index in [1.54, 1.807) is 0 Å². The molecule has 0 aliphatic carbocycles. The number of carbonyl (C=O) groups excluding carboxylic acids is 3. The first-order valence-electron chi connectivity index (χ1n) is 7.23. The zero-order chi connectivity index (χ0) is 19.2. The Labute approximate surface area is 144 Å². The van der Waals surface area contributed by atoms with Crippen LogP contribution in [-0.2, 0) is 24.4 Å². The third kappa shape index (κ3) is 6.51. The van der Waals surface area contributed by atoms with Gasteiger partial charge in [0.05, 0.1) is 18.4 Å². The average Bonchev–Trinajstić information content (AvgIpc) is 2.44. The number of rotatable bonds is 7. The highest BCUT2D eigenvalue weighted by Gasteiger charge is 2.29. The van der Waals surface area contributed by atoms with Crippen molar-refractivity contribution in [2.45, 2.75) is 26.3 Å². The van der Waals surface area contributed by atoms with Crippen molar-refractivity contribution in [2.75, 3.05) is 12.4 Å². The Bertz CT molecular complexity index is 745. The second-order valence-electron chi connectivity index (χ2n) is 5.25. The van der Waals surface area contributed by atoms with Crippen molar-refractivity contribution < 1.29 is 37.2 Å². The van der Waals surface area contributed by atoms with E-state index in [1.807, 2.05) is 0 Å². The van der Waals surface area contributed by atoms with E-state index < -0.39 is 39.7 Å². The summed E-state index contributed by atoms with van der Waals surface area (Å²) in [6.45, 7) is 1.82. The van der Waals surface area contributed by atoms with Crippen LogP contribution in [0.25, 0.3) is 0 Å². The van der Waals surface area contributed by atoms with Crippen molar-refractivity contribution in [1.82, 2.24) is 4.90 Å². The Balaban J connectivity index is 2.82. The molecule has 25 heavy (non-hydrogen) atoms. The van der Waals surface area contributed by atoms with Crippen LogP contribution < -0.4 is 0 Å². The van der Waals surface area contributed by atoms with Gasteiger partial charge in [-0.2, -0.15) is 8.42 Å².